The Kier molecular flexibility index (Phi) is 7.78. The molecule has 1 fully saturated rings. The Morgan fingerprint density at radius 3 is 2.57 bits per heavy atom. The number of amides is 1. The number of nitro groups is 1. The molecule has 13 heteroatoms. The van der Waals surface area contributed by atoms with Gasteiger partial charge in [-0.25, -0.2) is 13.2 Å². The highest BCUT2D eigenvalue weighted by molar-refractivity contribution is 8.14. The summed E-state index contributed by atoms with van der Waals surface area (Å²) in [4.78, 5) is 35.6. The first-order valence-corrected chi connectivity index (χ1v) is 11.5. The van der Waals surface area contributed by atoms with Crippen molar-refractivity contribution in [3.63, 3.8) is 0 Å². The fourth-order valence-corrected chi connectivity index (χ4v) is 3.92. The fourth-order valence-electron chi connectivity index (χ4n) is 2.70. The van der Waals surface area contributed by atoms with E-state index in [1.54, 1.807) is 0 Å². The molecular formula is C17H22N4O7S2. The number of nitrogens with zero attached hydrogens (tertiary/aromatic N) is 4. The van der Waals surface area contributed by atoms with Gasteiger partial charge in [0, 0.05) is 44.1 Å². The van der Waals surface area contributed by atoms with Gasteiger partial charge in [0.05, 0.1) is 17.2 Å². The van der Waals surface area contributed by atoms with Crippen molar-refractivity contribution in [3.8, 4) is 0 Å². The third-order valence-electron chi connectivity index (χ3n) is 4.26. The van der Waals surface area contributed by atoms with Crippen molar-refractivity contribution in [2.45, 2.75) is 31.2 Å². The number of hydrogen-bond acceptors (Lipinski definition) is 9. The first kappa shape index (κ1) is 23.6. The van der Waals surface area contributed by atoms with Crippen LogP contribution in [0.4, 0.5) is 10.5 Å². The van der Waals surface area contributed by atoms with Crippen LogP contribution < -0.4 is 0 Å². The first-order chi connectivity index (χ1) is 14.0. The molecule has 1 aliphatic rings. The fraction of sp³-hybridized carbons (Fsp3) is 0.471. The van der Waals surface area contributed by atoms with Gasteiger partial charge in [0.15, 0.2) is 5.12 Å². The van der Waals surface area contributed by atoms with Gasteiger partial charge in [0.2, 0.25) is 10.0 Å². The minimum atomic E-state index is -3.53. The molecule has 0 N–H and O–H groups in total. The third kappa shape index (κ3) is 6.69. The Morgan fingerprint density at radius 1 is 1.40 bits per heavy atom. The Bertz CT molecular complexity index is 934. The number of sulfonamides is 1. The van der Waals surface area contributed by atoms with Crippen LogP contribution in [-0.2, 0) is 26.2 Å². The van der Waals surface area contributed by atoms with E-state index in [2.05, 4.69) is 5.10 Å². The number of hydrazone groups is 1. The number of rotatable bonds is 7. The molecule has 164 valence electrons. The summed E-state index contributed by atoms with van der Waals surface area (Å²) in [7, 11) is -2.25. The Morgan fingerprint density at radius 2 is 2.03 bits per heavy atom. The van der Waals surface area contributed by atoms with Crippen molar-refractivity contribution in [2.24, 2.45) is 5.10 Å². The SMILES string of the molecule is CC(=O)S[C@H]1C[C@@H](/C=N/N(C)S(C)(=O)=O)N(C(=O)OCc2ccc([N+](=O)[O-])cc2)C1. The van der Waals surface area contributed by atoms with Gasteiger partial charge >= 0.3 is 6.09 Å². The second kappa shape index (κ2) is 9.89. The van der Waals surface area contributed by atoms with E-state index in [-0.39, 0.29) is 29.2 Å². The maximum atomic E-state index is 12.6. The van der Waals surface area contributed by atoms with Crippen LogP contribution >= 0.6 is 11.8 Å². The first-order valence-electron chi connectivity index (χ1n) is 8.79. The third-order valence-corrected chi connectivity index (χ3v) is 6.32. The highest BCUT2D eigenvalue weighted by atomic mass is 32.2. The average Bonchev–Trinajstić information content (AvgIpc) is 3.05. The molecule has 11 nitrogen and oxygen atoms in total. The molecule has 0 saturated carbocycles. The normalized spacial score (nSPS) is 19.1. The molecule has 0 radical (unpaired) electrons. The number of carbonyl (C=O) groups is 2. The molecule has 1 aromatic rings. The number of hydrogen-bond donors (Lipinski definition) is 0. The van der Waals surface area contributed by atoms with E-state index in [1.807, 2.05) is 0 Å². The summed E-state index contributed by atoms with van der Waals surface area (Å²) in [5, 5.41) is 14.3. The number of likely N-dealkylation sites (tertiary alicyclic amines) is 1. The van der Waals surface area contributed by atoms with Gasteiger partial charge in [-0.1, -0.05) is 11.8 Å². The zero-order valence-corrected chi connectivity index (χ0v) is 18.3. The molecule has 1 aromatic carbocycles. The van der Waals surface area contributed by atoms with Gasteiger partial charge in [-0.2, -0.15) is 9.52 Å². The lowest BCUT2D eigenvalue weighted by Gasteiger charge is -2.21. The van der Waals surface area contributed by atoms with Crippen molar-refractivity contribution in [1.29, 1.82) is 0 Å². The van der Waals surface area contributed by atoms with Crippen LogP contribution in [0.3, 0.4) is 0 Å². The van der Waals surface area contributed by atoms with Gasteiger partial charge in [-0.05, 0) is 24.1 Å². The van der Waals surface area contributed by atoms with E-state index >= 15 is 0 Å². The largest absolute Gasteiger partial charge is 0.445 e. The van der Waals surface area contributed by atoms with Gasteiger partial charge in [-0.15, -0.1) is 0 Å². The summed E-state index contributed by atoms with van der Waals surface area (Å²) in [5.41, 5.74) is 0.504. The lowest BCUT2D eigenvalue weighted by molar-refractivity contribution is -0.384. The molecule has 1 heterocycles. The molecular weight excluding hydrogens is 436 g/mol. The van der Waals surface area contributed by atoms with E-state index in [4.69, 9.17) is 4.74 Å². The molecule has 0 spiro atoms. The summed E-state index contributed by atoms with van der Waals surface area (Å²) < 4.78 is 29.1. The lowest BCUT2D eigenvalue weighted by Crippen LogP contribution is -2.37. The maximum absolute atomic E-state index is 12.6. The van der Waals surface area contributed by atoms with Crippen LogP contribution in [0.1, 0.15) is 18.9 Å². The molecule has 1 aliphatic heterocycles. The van der Waals surface area contributed by atoms with E-state index in [0.717, 1.165) is 22.4 Å². The smallest absolute Gasteiger partial charge is 0.410 e. The van der Waals surface area contributed by atoms with E-state index < -0.39 is 27.1 Å². The minimum Gasteiger partial charge on any atom is -0.445 e. The highest BCUT2D eigenvalue weighted by Crippen LogP contribution is 2.28. The molecule has 0 bridgehead atoms. The summed E-state index contributed by atoms with van der Waals surface area (Å²) in [6, 6.07) is 5.06. The molecule has 1 saturated heterocycles. The van der Waals surface area contributed by atoms with Crippen molar-refractivity contribution in [2.75, 3.05) is 19.8 Å². The zero-order valence-electron chi connectivity index (χ0n) is 16.6. The Hall–Kier alpha value is -2.67. The Balaban J connectivity index is 2.07. The van der Waals surface area contributed by atoms with Crippen molar-refractivity contribution in [1.82, 2.24) is 9.31 Å². The predicted octanol–water partition coefficient (Wildman–Crippen LogP) is 1.83. The predicted molar refractivity (Wildman–Crippen MR) is 112 cm³/mol. The summed E-state index contributed by atoms with van der Waals surface area (Å²) >= 11 is 1.10. The standard InChI is InChI=1S/C17H22N4O7S2/c1-12(22)29-16-8-15(9-18-19(2)30(3,26)27)20(10-16)17(23)28-11-13-4-6-14(7-5-13)21(24)25/h4-7,9,15-16H,8,10-11H2,1-3H3/b18-9+/t15-,16-/m0/s1. The summed E-state index contributed by atoms with van der Waals surface area (Å²) in [5.74, 6) is 0. The van der Waals surface area contributed by atoms with Gasteiger partial charge in [0.25, 0.3) is 5.69 Å². The van der Waals surface area contributed by atoms with Crippen LogP contribution in [0.15, 0.2) is 29.4 Å². The zero-order chi connectivity index (χ0) is 22.5. The number of ether oxygens (including phenoxy) is 1. The van der Waals surface area contributed by atoms with Crippen molar-refractivity contribution in [3.05, 3.63) is 39.9 Å². The molecule has 30 heavy (non-hydrogen) atoms. The van der Waals surface area contributed by atoms with E-state index in [9.17, 15) is 28.1 Å². The molecule has 1 amide bonds. The number of benzene rings is 1. The molecule has 0 aromatic heterocycles. The number of carbonyl (C=O) groups excluding carboxylic acids is 2. The lowest BCUT2D eigenvalue weighted by atomic mass is 10.2. The van der Waals surface area contributed by atoms with Crippen molar-refractivity contribution < 1.29 is 27.7 Å². The maximum Gasteiger partial charge on any atom is 0.410 e. The van der Waals surface area contributed by atoms with E-state index in [0.29, 0.717) is 12.0 Å². The summed E-state index contributed by atoms with van der Waals surface area (Å²) in [6.45, 7) is 1.58. The second-order valence-corrected chi connectivity index (χ2v) is 10.1. The number of thioether (sulfide) groups is 1. The monoisotopic (exact) mass is 458 g/mol. The van der Waals surface area contributed by atoms with Crippen LogP contribution in [0.2, 0.25) is 0 Å². The topological polar surface area (TPSA) is 139 Å². The van der Waals surface area contributed by atoms with Crippen LogP contribution in [0.5, 0.6) is 0 Å². The van der Waals surface area contributed by atoms with Crippen LogP contribution in [-0.4, -0.2) is 71.2 Å². The van der Waals surface area contributed by atoms with Gasteiger partial charge in [-0.3, -0.25) is 19.8 Å². The van der Waals surface area contributed by atoms with Gasteiger partial charge in [0.1, 0.15) is 6.61 Å². The molecule has 2 rings (SSSR count). The number of nitro benzene ring substituents is 1. The highest BCUT2D eigenvalue weighted by Gasteiger charge is 2.36. The van der Waals surface area contributed by atoms with Crippen molar-refractivity contribution >= 4 is 44.9 Å². The molecule has 2 atom stereocenters. The summed E-state index contributed by atoms with van der Waals surface area (Å²) in [6.07, 6.45) is 2.11. The average molecular weight is 459 g/mol. The molecule has 0 aliphatic carbocycles. The molecule has 0 unspecified atom stereocenters. The minimum absolute atomic E-state index is 0.0695. The second-order valence-electron chi connectivity index (χ2n) is 6.63. The Labute approximate surface area is 178 Å². The van der Waals surface area contributed by atoms with Crippen LogP contribution in [0, 0.1) is 10.1 Å². The quantitative estimate of drug-likeness (QED) is 0.342. The van der Waals surface area contributed by atoms with E-state index in [1.165, 1.54) is 49.4 Å². The number of non-ortho nitro benzene ring substituents is 1. The van der Waals surface area contributed by atoms with Crippen LogP contribution in [0.25, 0.3) is 0 Å². The van der Waals surface area contributed by atoms with Gasteiger partial charge < -0.3 is 4.74 Å².